The third-order valence-electron chi connectivity index (χ3n) is 3.31. The summed E-state index contributed by atoms with van der Waals surface area (Å²) in [7, 11) is 5.18. The number of ether oxygens (including phenoxy) is 2. The summed E-state index contributed by atoms with van der Waals surface area (Å²) in [6.45, 7) is 0. The molecule has 0 radical (unpaired) electrons. The molecule has 2 aromatic heterocycles. The van der Waals surface area contributed by atoms with Crippen molar-refractivity contribution in [3.8, 4) is 11.5 Å². The number of benzene rings is 1. The first-order valence-corrected chi connectivity index (χ1v) is 6.48. The summed E-state index contributed by atoms with van der Waals surface area (Å²) in [5.74, 6) is 2.12. The first-order valence-electron chi connectivity index (χ1n) is 6.48. The molecule has 2 heterocycles. The van der Waals surface area contributed by atoms with E-state index in [0.29, 0.717) is 11.5 Å². The van der Waals surface area contributed by atoms with Gasteiger partial charge in [-0.1, -0.05) is 0 Å². The number of nitrogens with zero attached hydrogens (tertiary/aromatic N) is 3. The standard InChI is InChI=1S/C15H16N4O2/c1-19-7-6-11-14(16-9-17-15(11)19)18-10-4-5-12(20-2)13(8-10)21-3/h4-9H,1-3H3,(H,16,17,18). The Hall–Kier alpha value is -2.76. The Kier molecular flexibility index (Phi) is 3.35. The number of fused-ring (bicyclic) bond motifs is 1. The van der Waals surface area contributed by atoms with E-state index in [2.05, 4.69) is 15.3 Å². The van der Waals surface area contributed by atoms with E-state index in [9.17, 15) is 0 Å². The molecule has 0 saturated heterocycles. The Labute approximate surface area is 122 Å². The van der Waals surface area contributed by atoms with Crippen LogP contribution in [0.4, 0.5) is 11.5 Å². The molecule has 0 spiro atoms. The SMILES string of the molecule is COc1ccc(Nc2ncnc3c2ccn3C)cc1OC. The summed E-state index contributed by atoms with van der Waals surface area (Å²) in [4.78, 5) is 8.58. The van der Waals surface area contributed by atoms with Gasteiger partial charge in [-0.15, -0.1) is 0 Å². The van der Waals surface area contributed by atoms with Crippen LogP contribution in [0.25, 0.3) is 11.0 Å². The van der Waals surface area contributed by atoms with Crippen molar-refractivity contribution in [2.75, 3.05) is 19.5 Å². The Balaban J connectivity index is 1.99. The Morgan fingerprint density at radius 3 is 2.62 bits per heavy atom. The molecule has 0 fully saturated rings. The van der Waals surface area contributed by atoms with Gasteiger partial charge in [0.05, 0.1) is 19.6 Å². The number of aromatic nitrogens is 3. The lowest BCUT2D eigenvalue weighted by Gasteiger charge is -2.11. The van der Waals surface area contributed by atoms with Crippen LogP contribution in [-0.4, -0.2) is 28.8 Å². The fourth-order valence-electron chi connectivity index (χ4n) is 2.23. The van der Waals surface area contributed by atoms with E-state index in [4.69, 9.17) is 9.47 Å². The molecule has 1 aromatic carbocycles. The predicted octanol–water partition coefficient (Wildman–Crippen LogP) is 2.73. The number of nitrogens with one attached hydrogen (secondary N) is 1. The monoisotopic (exact) mass is 284 g/mol. The highest BCUT2D eigenvalue weighted by atomic mass is 16.5. The molecule has 1 N–H and O–H groups in total. The van der Waals surface area contributed by atoms with Crippen LogP contribution >= 0.6 is 0 Å². The fourth-order valence-corrected chi connectivity index (χ4v) is 2.23. The highest BCUT2D eigenvalue weighted by Gasteiger charge is 2.09. The van der Waals surface area contributed by atoms with Crippen LogP contribution in [0, 0.1) is 0 Å². The molecule has 6 heteroatoms. The molecule has 6 nitrogen and oxygen atoms in total. The minimum Gasteiger partial charge on any atom is -0.493 e. The topological polar surface area (TPSA) is 61.2 Å². The van der Waals surface area contributed by atoms with Crippen molar-refractivity contribution in [1.29, 1.82) is 0 Å². The Morgan fingerprint density at radius 2 is 1.86 bits per heavy atom. The summed E-state index contributed by atoms with van der Waals surface area (Å²) < 4.78 is 12.5. The van der Waals surface area contributed by atoms with Crippen LogP contribution in [0.2, 0.25) is 0 Å². The van der Waals surface area contributed by atoms with Gasteiger partial charge < -0.3 is 19.4 Å². The lowest BCUT2D eigenvalue weighted by Crippen LogP contribution is -1.98. The molecule has 0 aliphatic rings. The molecule has 0 aliphatic carbocycles. The normalized spacial score (nSPS) is 10.6. The van der Waals surface area contributed by atoms with Gasteiger partial charge in [0.15, 0.2) is 11.5 Å². The van der Waals surface area contributed by atoms with Crippen molar-refractivity contribution in [3.05, 3.63) is 36.8 Å². The van der Waals surface area contributed by atoms with Crippen LogP contribution in [0.1, 0.15) is 0 Å². The van der Waals surface area contributed by atoms with E-state index in [0.717, 1.165) is 22.5 Å². The maximum absolute atomic E-state index is 5.30. The van der Waals surface area contributed by atoms with Gasteiger partial charge in [0.25, 0.3) is 0 Å². The van der Waals surface area contributed by atoms with Crippen LogP contribution in [0.5, 0.6) is 11.5 Å². The van der Waals surface area contributed by atoms with Crippen molar-refractivity contribution < 1.29 is 9.47 Å². The molecule has 21 heavy (non-hydrogen) atoms. The van der Waals surface area contributed by atoms with Gasteiger partial charge >= 0.3 is 0 Å². The average Bonchev–Trinajstić information content (AvgIpc) is 2.90. The quantitative estimate of drug-likeness (QED) is 0.798. The molecule has 0 bridgehead atoms. The zero-order valence-electron chi connectivity index (χ0n) is 12.1. The number of anilines is 2. The largest absolute Gasteiger partial charge is 0.493 e. The number of hydrogen-bond donors (Lipinski definition) is 1. The summed E-state index contributed by atoms with van der Waals surface area (Å²) in [5, 5.41) is 4.25. The minimum atomic E-state index is 0.667. The van der Waals surface area contributed by atoms with Crippen molar-refractivity contribution in [2.24, 2.45) is 7.05 Å². The van der Waals surface area contributed by atoms with E-state index in [-0.39, 0.29) is 0 Å². The van der Waals surface area contributed by atoms with E-state index in [1.807, 2.05) is 42.1 Å². The smallest absolute Gasteiger partial charge is 0.162 e. The number of methoxy groups -OCH3 is 2. The van der Waals surface area contributed by atoms with E-state index < -0.39 is 0 Å². The zero-order chi connectivity index (χ0) is 14.8. The zero-order valence-corrected chi connectivity index (χ0v) is 12.1. The molecule has 0 atom stereocenters. The molecule has 0 saturated carbocycles. The Morgan fingerprint density at radius 1 is 1.05 bits per heavy atom. The number of hydrogen-bond acceptors (Lipinski definition) is 5. The summed E-state index contributed by atoms with van der Waals surface area (Å²) >= 11 is 0. The van der Waals surface area contributed by atoms with Crippen LogP contribution < -0.4 is 14.8 Å². The second-order valence-corrected chi connectivity index (χ2v) is 4.58. The van der Waals surface area contributed by atoms with Crippen molar-refractivity contribution in [2.45, 2.75) is 0 Å². The highest BCUT2D eigenvalue weighted by Crippen LogP contribution is 2.31. The molecule has 3 rings (SSSR count). The lowest BCUT2D eigenvalue weighted by molar-refractivity contribution is 0.355. The maximum atomic E-state index is 5.30. The van der Waals surface area contributed by atoms with Crippen LogP contribution in [0.15, 0.2) is 36.8 Å². The molecule has 0 unspecified atom stereocenters. The summed E-state index contributed by atoms with van der Waals surface area (Å²) in [5.41, 5.74) is 1.75. The van der Waals surface area contributed by atoms with Crippen molar-refractivity contribution >= 4 is 22.5 Å². The van der Waals surface area contributed by atoms with Gasteiger partial charge in [-0.05, 0) is 18.2 Å². The van der Waals surface area contributed by atoms with E-state index in [1.165, 1.54) is 0 Å². The third-order valence-corrected chi connectivity index (χ3v) is 3.31. The highest BCUT2D eigenvalue weighted by molar-refractivity contribution is 5.89. The molecule has 108 valence electrons. The molecule has 0 aliphatic heterocycles. The van der Waals surface area contributed by atoms with E-state index in [1.54, 1.807) is 20.5 Å². The van der Waals surface area contributed by atoms with Gasteiger partial charge in [-0.25, -0.2) is 9.97 Å². The van der Waals surface area contributed by atoms with Gasteiger partial charge in [0.2, 0.25) is 0 Å². The molecular weight excluding hydrogens is 268 g/mol. The Bertz CT molecular complexity index is 782. The second-order valence-electron chi connectivity index (χ2n) is 4.58. The second kappa shape index (κ2) is 5.32. The molecule has 3 aromatic rings. The molecular formula is C15H16N4O2. The summed E-state index contributed by atoms with van der Waals surface area (Å²) in [6.07, 6.45) is 3.50. The van der Waals surface area contributed by atoms with Gasteiger partial charge in [-0.2, -0.15) is 0 Å². The maximum Gasteiger partial charge on any atom is 0.162 e. The summed E-state index contributed by atoms with van der Waals surface area (Å²) in [6, 6.07) is 7.62. The number of aryl methyl sites for hydroxylation is 1. The average molecular weight is 284 g/mol. The number of rotatable bonds is 4. The first kappa shape index (κ1) is 13.2. The van der Waals surface area contributed by atoms with Crippen LogP contribution in [0.3, 0.4) is 0 Å². The van der Waals surface area contributed by atoms with Crippen molar-refractivity contribution in [3.63, 3.8) is 0 Å². The fraction of sp³-hybridized carbons (Fsp3) is 0.200. The third kappa shape index (κ3) is 2.35. The minimum absolute atomic E-state index is 0.667. The van der Waals surface area contributed by atoms with Gasteiger partial charge in [0, 0.05) is 25.0 Å². The molecule has 0 amide bonds. The van der Waals surface area contributed by atoms with Gasteiger partial charge in [-0.3, -0.25) is 0 Å². The first-order chi connectivity index (χ1) is 10.2. The van der Waals surface area contributed by atoms with E-state index >= 15 is 0 Å². The van der Waals surface area contributed by atoms with Gasteiger partial charge in [0.1, 0.15) is 17.8 Å². The lowest BCUT2D eigenvalue weighted by atomic mass is 10.2. The van der Waals surface area contributed by atoms with Crippen molar-refractivity contribution in [1.82, 2.24) is 14.5 Å². The predicted molar refractivity (Wildman–Crippen MR) is 81.3 cm³/mol. The van der Waals surface area contributed by atoms with Crippen LogP contribution in [-0.2, 0) is 7.05 Å².